The molecule has 0 aliphatic carbocycles. The van der Waals surface area contributed by atoms with E-state index in [1.807, 2.05) is 0 Å². The van der Waals surface area contributed by atoms with Crippen molar-refractivity contribution in [2.24, 2.45) is 4.99 Å². The smallest absolute Gasteiger partial charge is 0.862 e. The van der Waals surface area contributed by atoms with Gasteiger partial charge in [-0.2, -0.15) is 8.42 Å². The van der Waals surface area contributed by atoms with Crippen molar-refractivity contribution in [3.63, 3.8) is 0 Å². The van der Waals surface area contributed by atoms with Gasteiger partial charge in [0.15, 0.2) is 6.29 Å². The normalized spacial score (nSPS) is 22.3. The number of aliphatic hydroxyl groups is 5. The van der Waals surface area contributed by atoms with E-state index in [-0.39, 0.29) is 36.0 Å². The Balaban J connectivity index is 0.0000292. The summed E-state index contributed by atoms with van der Waals surface area (Å²) in [6, 6.07) is -1.22. The summed E-state index contributed by atoms with van der Waals surface area (Å²) >= 11 is 0. The van der Waals surface area contributed by atoms with E-state index in [2.05, 4.69) is 23.0 Å². The second-order valence-corrected chi connectivity index (χ2v) is 16.5. The summed E-state index contributed by atoms with van der Waals surface area (Å²) in [4.78, 5) is 4.17. The molecule has 322 valence electrons. The molecular weight excluding hydrogens is 741 g/mol. The van der Waals surface area contributed by atoms with Gasteiger partial charge in [0.25, 0.3) is 0 Å². The van der Waals surface area contributed by atoms with Crippen LogP contribution in [0.15, 0.2) is 4.99 Å². The fraction of sp³-hybridized carbons (Fsp3) is 0.975. The van der Waals surface area contributed by atoms with Gasteiger partial charge in [0.1, 0.15) is 36.6 Å². The van der Waals surface area contributed by atoms with Crippen LogP contribution in [-0.2, 0) is 24.1 Å². The predicted octanol–water partition coefficient (Wildman–Crippen LogP) is 3.06. The Hall–Kier alpha value is 0.0600. The van der Waals surface area contributed by atoms with E-state index in [0.29, 0.717) is 19.3 Å². The second-order valence-electron chi connectivity index (χ2n) is 15.4. The quantitative estimate of drug-likeness (QED) is 0.0177. The molecule has 1 fully saturated rings. The van der Waals surface area contributed by atoms with E-state index >= 15 is 0 Å². The number of unbranched alkanes of at least 4 members (excludes halogenated alkanes) is 23. The first-order valence-electron chi connectivity index (χ1n) is 21.4. The van der Waals surface area contributed by atoms with Crippen molar-refractivity contribution >= 4 is 16.3 Å². The van der Waals surface area contributed by atoms with Crippen molar-refractivity contribution in [1.82, 2.24) is 0 Å². The fourth-order valence-electron chi connectivity index (χ4n) is 6.92. The monoisotopic (exact) mass is 820 g/mol. The zero-order valence-electron chi connectivity index (χ0n) is 34.6. The standard InChI is InChI=1S/C40H79NO12S.Na/c1-3-5-7-9-11-13-15-17-19-21-23-25-27-29-35(43)41-32(30-51-40-39(47)38(46)37(45)34(53-40)31-52-54(48,49)50)36(44)33(42)28-26-24-22-20-18-16-14-12-10-8-6-4-2;/h32-34,36-40,42,44-47H,3-31H2,1-2H3,(H,41,43)(H,48,49,50);/q;+1/p-1/t32-,33+,34+,36-,37+,38-,39+,40+;/m0./s1. The van der Waals surface area contributed by atoms with Crippen molar-refractivity contribution in [3.8, 4) is 0 Å². The second kappa shape index (κ2) is 34.9. The minimum absolute atomic E-state index is 0. The van der Waals surface area contributed by atoms with Gasteiger partial charge in [-0.25, -0.2) is 4.18 Å². The topological polar surface area (TPSA) is 219 Å². The third-order valence-corrected chi connectivity index (χ3v) is 10.9. The SMILES string of the molecule is CCCCCCCCCCCCCCCC([O-])=N[C@@H](CO[C@@H]1O[C@H](COS(=O)(=O)O)[C@@H](O)[C@H](O)[C@H]1O)[C@H](O)[C@H](O)CCCCCCCCCCCCCC.[Na+]. The van der Waals surface area contributed by atoms with Crippen LogP contribution in [0.2, 0.25) is 0 Å². The maximum Gasteiger partial charge on any atom is 1.00 e. The number of hydrogen-bond acceptors (Lipinski definition) is 12. The third-order valence-electron chi connectivity index (χ3n) is 10.4. The van der Waals surface area contributed by atoms with E-state index in [9.17, 15) is 39.1 Å². The van der Waals surface area contributed by atoms with Crippen LogP contribution < -0.4 is 34.7 Å². The van der Waals surface area contributed by atoms with Gasteiger partial charge in [-0.05, 0) is 25.2 Å². The summed E-state index contributed by atoms with van der Waals surface area (Å²) < 4.78 is 46.3. The van der Waals surface area contributed by atoms with E-state index in [0.717, 1.165) is 38.5 Å². The molecule has 0 spiro atoms. The largest absolute Gasteiger partial charge is 1.00 e. The van der Waals surface area contributed by atoms with Gasteiger partial charge in [0, 0.05) is 0 Å². The van der Waals surface area contributed by atoms with Crippen molar-refractivity contribution in [2.75, 3.05) is 13.2 Å². The molecule has 55 heavy (non-hydrogen) atoms. The fourth-order valence-corrected chi connectivity index (χ4v) is 7.22. The zero-order valence-corrected chi connectivity index (χ0v) is 37.4. The Kier molecular flexibility index (Phi) is 34.9. The summed E-state index contributed by atoms with van der Waals surface area (Å²) in [7, 11) is -4.89. The van der Waals surface area contributed by atoms with Crippen LogP contribution in [0.4, 0.5) is 0 Å². The van der Waals surface area contributed by atoms with Crippen molar-refractivity contribution in [2.45, 2.75) is 236 Å². The predicted molar refractivity (Wildman–Crippen MR) is 209 cm³/mol. The van der Waals surface area contributed by atoms with Gasteiger partial charge in [-0.1, -0.05) is 168 Å². The summed E-state index contributed by atoms with van der Waals surface area (Å²) in [6.07, 6.45) is 18.3. The van der Waals surface area contributed by atoms with Crippen LogP contribution in [0, 0.1) is 0 Å². The number of aliphatic hydroxyl groups excluding tert-OH is 5. The average molecular weight is 820 g/mol. The summed E-state index contributed by atoms with van der Waals surface area (Å²) in [5, 5.41) is 66.0. The zero-order chi connectivity index (χ0) is 40.0. The molecular formula is C40H78NNaO12S. The first kappa shape index (κ1) is 55.1. The van der Waals surface area contributed by atoms with Crippen LogP contribution in [-0.4, -0.2) is 107 Å². The van der Waals surface area contributed by atoms with Crippen molar-refractivity contribution < 1.29 is 86.8 Å². The third kappa shape index (κ3) is 28.2. The van der Waals surface area contributed by atoms with Crippen molar-refractivity contribution in [3.05, 3.63) is 0 Å². The summed E-state index contributed by atoms with van der Waals surface area (Å²) in [5.74, 6) is -0.455. The molecule has 8 atom stereocenters. The maximum atomic E-state index is 12.9. The van der Waals surface area contributed by atoms with Gasteiger partial charge in [-0.15, -0.1) is 0 Å². The molecule has 1 saturated heterocycles. The van der Waals surface area contributed by atoms with Gasteiger partial charge in [0.2, 0.25) is 0 Å². The molecule has 13 nitrogen and oxygen atoms in total. The maximum absolute atomic E-state index is 12.9. The van der Waals surface area contributed by atoms with Crippen LogP contribution >= 0.6 is 0 Å². The summed E-state index contributed by atoms with van der Waals surface area (Å²) in [6.45, 7) is 3.08. The van der Waals surface area contributed by atoms with E-state index < -0.39 is 78.5 Å². The molecule has 0 unspecified atom stereocenters. The molecule has 0 aromatic carbocycles. The molecule has 6 N–H and O–H groups in total. The molecule has 1 rings (SSSR count). The van der Waals surface area contributed by atoms with Gasteiger partial charge in [0.05, 0.1) is 19.3 Å². The van der Waals surface area contributed by atoms with Crippen molar-refractivity contribution in [1.29, 1.82) is 0 Å². The van der Waals surface area contributed by atoms with Crippen LogP contribution in [0.5, 0.6) is 0 Å². The van der Waals surface area contributed by atoms with Crippen LogP contribution in [0.3, 0.4) is 0 Å². The van der Waals surface area contributed by atoms with E-state index in [1.54, 1.807) is 0 Å². The first-order valence-corrected chi connectivity index (χ1v) is 22.8. The van der Waals surface area contributed by atoms with E-state index in [1.165, 1.54) is 109 Å². The minimum atomic E-state index is -4.89. The molecule has 0 amide bonds. The van der Waals surface area contributed by atoms with Gasteiger partial charge < -0.3 is 40.1 Å². The number of rotatable bonds is 36. The van der Waals surface area contributed by atoms with E-state index in [4.69, 9.17) is 14.0 Å². The number of hydrogen-bond donors (Lipinski definition) is 6. The molecule has 1 heterocycles. The molecule has 0 aromatic heterocycles. The Morgan fingerprint density at radius 1 is 0.673 bits per heavy atom. The number of ether oxygens (including phenoxy) is 2. The Labute approximate surface area is 355 Å². The van der Waals surface area contributed by atoms with Gasteiger partial charge in [-0.3, -0.25) is 9.55 Å². The molecule has 0 saturated carbocycles. The number of aliphatic imine (C=N–C) groups is 1. The first-order chi connectivity index (χ1) is 25.9. The number of nitrogens with zero attached hydrogens (tertiary/aromatic N) is 1. The van der Waals surface area contributed by atoms with Crippen LogP contribution in [0.25, 0.3) is 0 Å². The molecule has 0 aromatic rings. The molecule has 1 aliphatic rings. The molecule has 1 aliphatic heterocycles. The van der Waals surface area contributed by atoms with Crippen LogP contribution in [0.1, 0.15) is 187 Å². The molecule has 0 radical (unpaired) electrons. The molecule has 0 bridgehead atoms. The average Bonchev–Trinajstić information content (AvgIpc) is 3.14. The minimum Gasteiger partial charge on any atom is -0.862 e. The summed E-state index contributed by atoms with van der Waals surface area (Å²) in [5.41, 5.74) is 0. The Morgan fingerprint density at radius 3 is 1.53 bits per heavy atom. The van der Waals surface area contributed by atoms with Gasteiger partial charge >= 0.3 is 40.0 Å². The molecule has 15 heteroatoms. The Bertz CT molecular complexity index is 1030. The Morgan fingerprint density at radius 2 is 1.09 bits per heavy atom.